The highest BCUT2D eigenvalue weighted by Crippen LogP contribution is 2.38. The van der Waals surface area contributed by atoms with Crippen LogP contribution in [0.15, 0.2) is 71.7 Å². The number of ether oxygens (including phenoxy) is 2. The number of aromatic nitrogens is 5. The maximum Gasteiger partial charge on any atom is 0.408 e. The Morgan fingerprint density at radius 3 is 2.36 bits per heavy atom. The van der Waals surface area contributed by atoms with Crippen molar-refractivity contribution >= 4 is 55.5 Å². The molecular weight excluding hydrogens is 732 g/mol. The van der Waals surface area contributed by atoms with Gasteiger partial charge >= 0.3 is 6.09 Å². The summed E-state index contributed by atoms with van der Waals surface area (Å²) < 4.78 is 70.1. The second-order valence-electron chi connectivity index (χ2n) is 13.4. The van der Waals surface area contributed by atoms with Crippen LogP contribution in [0.25, 0.3) is 27.6 Å². The van der Waals surface area contributed by atoms with Crippen LogP contribution in [0.1, 0.15) is 43.8 Å². The van der Waals surface area contributed by atoms with Gasteiger partial charge in [0.25, 0.3) is 5.56 Å². The van der Waals surface area contributed by atoms with E-state index in [-0.39, 0.29) is 62.8 Å². The Morgan fingerprint density at radius 1 is 1.06 bits per heavy atom. The molecule has 0 unspecified atom stereocenters. The number of alkyl carbamates (subject to hydrolysis) is 1. The van der Waals surface area contributed by atoms with E-state index in [0.29, 0.717) is 11.3 Å². The van der Waals surface area contributed by atoms with Crippen LogP contribution < -0.4 is 19.9 Å². The van der Waals surface area contributed by atoms with Gasteiger partial charge in [-0.15, -0.1) is 0 Å². The minimum absolute atomic E-state index is 0.00313. The molecule has 53 heavy (non-hydrogen) atoms. The van der Waals surface area contributed by atoms with Gasteiger partial charge in [0.05, 0.1) is 53.0 Å². The number of benzene rings is 3. The highest BCUT2D eigenvalue weighted by atomic mass is 35.5. The van der Waals surface area contributed by atoms with Crippen LogP contribution in [0.3, 0.4) is 0 Å². The van der Waals surface area contributed by atoms with Gasteiger partial charge in [0.1, 0.15) is 34.5 Å². The summed E-state index contributed by atoms with van der Waals surface area (Å²) in [6.07, 6.45) is 1.47. The number of methoxy groups -OCH3 is 1. The molecule has 0 fully saturated rings. The normalized spacial score (nSPS) is 12.6. The largest absolute Gasteiger partial charge is 0.497 e. The fourth-order valence-electron chi connectivity index (χ4n) is 6.04. The minimum Gasteiger partial charge on any atom is -0.497 e. The average Bonchev–Trinajstić information content (AvgIpc) is 3.67. The van der Waals surface area contributed by atoms with Crippen molar-refractivity contribution in [1.82, 2.24) is 29.6 Å². The van der Waals surface area contributed by atoms with Crippen molar-refractivity contribution < 1.29 is 31.5 Å². The van der Waals surface area contributed by atoms with E-state index in [2.05, 4.69) is 15.4 Å². The number of fused-ring (bicyclic) bond motifs is 2. The lowest BCUT2D eigenvalue weighted by Gasteiger charge is -2.25. The standard InChI is InChI=1S/C36H36ClF2N7O6S/c1-36(2,3)52-35(48)41-27(17-21-15-22(38)18-23(39)16-21)32-42-31-25(13-14-40-31)34(47)46(32)28-12-11-26(37)29-30(28)44(4)43-33(29)45(53(6,49)50)19-20-7-9-24(51-5)10-8-20/h7-16,18,27,40H,17,19H2,1-6H3,(H,41,48)/t27-/m0/s1. The smallest absolute Gasteiger partial charge is 0.408 e. The first kappa shape index (κ1) is 37.3. The first-order valence-electron chi connectivity index (χ1n) is 16.2. The Bertz CT molecular complexity index is 2510. The van der Waals surface area contributed by atoms with E-state index < -0.39 is 45.0 Å². The molecule has 1 atom stereocenters. The minimum atomic E-state index is -3.97. The van der Waals surface area contributed by atoms with Gasteiger partial charge in [-0.3, -0.25) is 14.0 Å². The van der Waals surface area contributed by atoms with Crippen LogP contribution in [0.4, 0.5) is 19.4 Å². The summed E-state index contributed by atoms with van der Waals surface area (Å²) in [6.45, 7) is 4.90. The van der Waals surface area contributed by atoms with E-state index in [9.17, 15) is 26.8 Å². The molecule has 3 heterocycles. The van der Waals surface area contributed by atoms with Crippen molar-refractivity contribution in [3.8, 4) is 11.4 Å². The van der Waals surface area contributed by atoms with Crippen LogP contribution in [-0.4, -0.2) is 57.8 Å². The van der Waals surface area contributed by atoms with Crippen molar-refractivity contribution in [3.05, 3.63) is 111 Å². The van der Waals surface area contributed by atoms with Gasteiger partial charge in [-0.25, -0.2) is 31.3 Å². The fraction of sp³-hybridized carbons (Fsp3) is 0.278. The molecule has 0 radical (unpaired) electrons. The van der Waals surface area contributed by atoms with E-state index in [0.717, 1.165) is 28.8 Å². The zero-order valence-corrected chi connectivity index (χ0v) is 31.1. The van der Waals surface area contributed by atoms with Crippen molar-refractivity contribution in [2.75, 3.05) is 17.7 Å². The highest BCUT2D eigenvalue weighted by Gasteiger charge is 2.31. The van der Waals surface area contributed by atoms with Crippen LogP contribution >= 0.6 is 11.6 Å². The highest BCUT2D eigenvalue weighted by molar-refractivity contribution is 7.92. The van der Waals surface area contributed by atoms with E-state index in [4.69, 9.17) is 26.1 Å². The van der Waals surface area contributed by atoms with Gasteiger partial charge in [-0.2, -0.15) is 5.10 Å². The van der Waals surface area contributed by atoms with Gasteiger partial charge in [-0.1, -0.05) is 23.7 Å². The molecule has 0 saturated heterocycles. The molecule has 0 spiro atoms. The molecule has 6 aromatic rings. The maximum absolute atomic E-state index is 14.5. The lowest BCUT2D eigenvalue weighted by atomic mass is 10.0. The summed E-state index contributed by atoms with van der Waals surface area (Å²) in [7, 11) is -0.875. The molecule has 2 N–H and O–H groups in total. The summed E-state index contributed by atoms with van der Waals surface area (Å²) in [5, 5.41) is 7.87. The fourth-order valence-corrected chi connectivity index (χ4v) is 7.10. The molecule has 0 saturated carbocycles. The summed E-state index contributed by atoms with van der Waals surface area (Å²) in [5.41, 5.74) is -0.0844. The van der Waals surface area contributed by atoms with Crippen molar-refractivity contribution in [1.29, 1.82) is 0 Å². The Hall–Kier alpha value is -5.48. The third-order valence-corrected chi connectivity index (χ3v) is 9.66. The quantitative estimate of drug-likeness (QED) is 0.164. The zero-order chi connectivity index (χ0) is 38.4. The zero-order valence-electron chi connectivity index (χ0n) is 29.6. The monoisotopic (exact) mass is 767 g/mol. The molecule has 0 bridgehead atoms. The Labute approximate surface area is 308 Å². The molecule has 0 aliphatic rings. The SMILES string of the molecule is COc1ccc(CN(c2nn(C)c3c(-n4c([C@H](Cc5cc(F)cc(F)c5)NC(=O)OC(C)(C)C)nc5[nH]ccc5c4=O)ccc(Cl)c23)S(C)(=O)=O)cc1. The number of hydrogen-bond acceptors (Lipinski definition) is 8. The van der Waals surface area contributed by atoms with Crippen molar-refractivity contribution in [2.45, 2.75) is 45.4 Å². The number of sulfonamides is 1. The van der Waals surface area contributed by atoms with Crippen molar-refractivity contribution in [3.63, 3.8) is 0 Å². The van der Waals surface area contributed by atoms with Gasteiger partial charge < -0.3 is 19.8 Å². The maximum atomic E-state index is 14.5. The Morgan fingerprint density at radius 2 is 1.74 bits per heavy atom. The van der Waals surface area contributed by atoms with Crippen LogP contribution in [0, 0.1) is 11.6 Å². The molecule has 278 valence electrons. The van der Waals surface area contributed by atoms with Crippen molar-refractivity contribution in [2.24, 2.45) is 7.05 Å². The van der Waals surface area contributed by atoms with Crippen LogP contribution in [-0.2, 0) is 34.8 Å². The molecule has 3 aromatic carbocycles. The number of nitrogens with zero attached hydrogens (tertiary/aromatic N) is 5. The second-order valence-corrected chi connectivity index (χ2v) is 15.7. The molecule has 3 aromatic heterocycles. The number of hydrogen-bond donors (Lipinski definition) is 2. The number of halogens is 3. The first-order valence-corrected chi connectivity index (χ1v) is 18.5. The topological polar surface area (TPSA) is 153 Å². The number of carbonyl (C=O) groups excluding carboxylic acids is 1. The van der Waals surface area contributed by atoms with Crippen LogP contribution in [0.5, 0.6) is 5.75 Å². The molecule has 0 aliphatic heterocycles. The number of rotatable bonds is 10. The predicted octanol–water partition coefficient (Wildman–Crippen LogP) is 6.32. The summed E-state index contributed by atoms with van der Waals surface area (Å²) in [4.78, 5) is 35.4. The predicted molar refractivity (Wildman–Crippen MR) is 197 cm³/mol. The lowest BCUT2D eigenvalue weighted by molar-refractivity contribution is 0.0500. The molecule has 0 aliphatic carbocycles. The number of aryl methyl sites for hydroxylation is 1. The van der Waals surface area contributed by atoms with E-state index >= 15 is 0 Å². The number of nitrogens with one attached hydrogen (secondary N) is 2. The van der Waals surface area contributed by atoms with Gasteiger partial charge in [-0.05, 0) is 74.4 Å². The third-order valence-electron chi connectivity index (χ3n) is 8.24. The van der Waals surface area contributed by atoms with Gasteiger partial charge in [0.15, 0.2) is 5.82 Å². The second kappa shape index (κ2) is 14.2. The number of H-pyrrole nitrogens is 1. The Kier molecular flexibility index (Phi) is 9.96. The van der Waals surface area contributed by atoms with Gasteiger partial charge in [0, 0.05) is 25.7 Å². The molecule has 1 amide bonds. The summed E-state index contributed by atoms with van der Waals surface area (Å²) in [6, 6.07) is 13.2. The molecule has 17 heteroatoms. The van der Waals surface area contributed by atoms with E-state index in [1.54, 1.807) is 58.2 Å². The van der Waals surface area contributed by atoms with E-state index in [1.165, 1.54) is 34.7 Å². The summed E-state index contributed by atoms with van der Waals surface area (Å²) >= 11 is 6.81. The number of anilines is 1. The lowest BCUT2D eigenvalue weighted by Crippen LogP contribution is -2.39. The average molecular weight is 768 g/mol. The summed E-state index contributed by atoms with van der Waals surface area (Å²) in [5.74, 6) is -1.13. The van der Waals surface area contributed by atoms with Crippen LogP contribution in [0.2, 0.25) is 5.02 Å². The Balaban J connectivity index is 1.59. The number of carbonyl (C=O) groups is 1. The van der Waals surface area contributed by atoms with E-state index in [1.807, 2.05) is 0 Å². The molecule has 13 nitrogen and oxygen atoms in total. The first-order chi connectivity index (χ1) is 24.9. The third kappa shape index (κ3) is 7.83. The molecule has 6 rings (SSSR count). The molecular formula is C36H36ClF2N7O6S. The number of aromatic amines is 1. The number of amides is 1. The van der Waals surface area contributed by atoms with Gasteiger partial charge in [0.2, 0.25) is 10.0 Å².